The third-order valence-electron chi connectivity index (χ3n) is 2.30. The minimum absolute atomic E-state index is 0.607. The molecule has 1 N–H and O–H groups in total. The number of hydrogen-bond donors (Lipinski definition) is 1. The highest BCUT2D eigenvalue weighted by Crippen LogP contribution is 2.11. The zero-order valence-corrected chi connectivity index (χ0v) is 10.1. The maximum absolute atomic E-state index is 6.48. The molecule has 1 aromatic carbocycles. The average molecular weight is 236 g/mol. The van der Waals surface area contributed by atoms with Crippen molar-refractivity contribution in [2.75, 3.05) is 20.3 Å². The minimum Gasteiger partial charge on any atom is -0.497 e. The second kappa shape index (κ2) is 8.44. The third kappa shape index (κ3) is 5.80. The Labute approximate surface area is 101 Å². The van der Waals surface area contributed by atoms with Crippen LogP contribution in [0, 0.1) is 5.53 Å². The lowest BCUT2D eigenvalue weighted by Gasteiger charge is -2.04. The van der Waals surface area contributed by atoms with Crippen LogP contribution >= 0.6 is 0 Å². The highest BCUT2D eigenvalue weighted by molar-refractivity contribution is 5.26. The molecule has 0 saturated carbocycles. The van der Waals surface area contributed by atoms with Crippen molar-refractivity contribution in [3.63, 3.8) is 0 Å². The fourth-order valence-electron chi connectivity index (χ4n) is 1.35. The zero-order chi connectivity index (χ0) is 12.3. The molecular formula is C12H18N3O2+. The number of unbranched alkanes of at least 4 members (excludes halogenated alkanes) is 1. The Balaban J connectivity index is 2.11. The first-order chi connectivity index (χ1) is 8.36. The van der Waals surface area contributed by atoms with Gasteiger partial charge in [0, 0.05) is 6.61 Å². The van der Waals surface area contributed by atoms with Crippen LogP contribution in [0.3, 0.4) is 0 Å². The Morgan fingerprint density at radius 1 is 1.24 bits per heavy atom. The predicted octanol–water partition coefficient (Wildman–Crippen LogP) is 2.54. The lowest BCUT2D eigenvalue weighted by atomic mass is 10.2. The van der Waals surface area contributed by atoms with Crippen molar-refractivity contribution in [3.8, 4) is 5.75 Å². The van der Waals surface area contributed by atoms with Crippen LogP contribution in [0.25, 0.3) is 0 Å². The Morgan fingerprint density at radius 2 is 2.00 bits per heavy atom. The molecule has 92 valence electrons. The molecule has 5 heteroatoms. The first-order valence-corrected chi connectivity index (χ1v) is 5.60. The number of benzene rings is 1. The summed E-state index contributed by atoms with van der Waals surface area (Å²) < 4.78 is 10.6. The lowest BCUT2D eigenvalue weighted by molar-refractivity contribution is 0.117. The van der Waals surface area contributed by atoms with Gasteiger partial charge in [-0.05, 0) is 30.5 Å². The van der Waals surface area contributed by atoms with E-state index in [0.29, 0.717) is 19.8 Å². The molecule has 0 unspecified atom stereocenters. The Morgan fingerprint density at radius 3 is 2.65 bits per heavy atom. The lowest BCUT2D eigenvalue weighted by Crippen LogP contribution is -1.96. The predicted molar refractivity (Wildman–Crippen MR) is 64.0 cm³/mol. The monoisotopic (exact) mass is 236 g/mol. The number of nitrogens with one attached hydrogen (secondary N) is 1. The first kappa shape index (κ1) is 13.4. The standard InChI is InChI=1S/C12H18N3O2/c1-16-12-6-4-11(5-7-12)10-17-9-3-2-8-14-15-13/h4-7,13H,2-3,8-10H2,1H3/q+1. The van der Waals surface area contributed by atoms with Gasteiger partial charge in [0.15, 0.2) is 0 Å². The number of methoxy groups -OCH3 is 1. The molecule has 5 nitrogen and oxygen atoms in total. The number of rotatable bonds is 8. The van der Waals surface area contributed by atoms with Crippen LogP contribution in [0.1, 0.15) is 18.4 Å². The molecule has 0 saturated heterocycles. The summed E-state index contributed by atoms with van der Waals surface area (Å²) in [6.07, 6.45) is 1.85. The van der Waals surface area contributed by atoms with Gasteiger partial charge in [0.25, 0.3) is 0 Å². The number of hydrogen-bond acceptors (Lipinski definition) is 4. The van der Waals surface area contributed by atoms with Crippen molar-refractivity contribution in [2.24, 2.45) is 5.11 Å². The highest BCUT2D eigenvalue weighted by Gasteiger charge is 1.95. The molecule has 0 fully saturated rings. The van der Waals surface area contributed by atoms with Crippen LogP contribution in [-0.4, -0.2) is 20.3 Å². The minimum atomic E-state index is 0.607. The van der Waals surface area contributed by atoms with E-state index in [-0.39, 0.29) is 0 Å². The summed E-state index contributed by atoms with van der Waals surface area (Å²) in [7, 11) is 1.65. The van der Waals surface area contributed by atoms with E-state index < -0.39 is 0 Å². The van der Waals surface area contributed by atoms with Gasteiger partial charge in [-0.3, -0.25) is 0 Å². The summed E-state index contributed by atoms with van der Waals surface area (Å²) in [4.78, 5) is 2.94. The topological polar surface area (TPSA) is 68.8 Å². The van der Waals surface area contributed by atoms with Gasteiger partial charge >= 0.3 is 0 Å². The maximum Gasteiger partial charge on any atom is 0.214 e. The first-order valence-electron chi connectivity index (χ1n) is 5.60. The highest BCUT2D eigenvalue weighted by atomic mass is 16.5. The van der Waals surface area contributed by atoms with Crippen molar-refractivity contribution in [1.29, 1.82) is 5.53 Å². The smallest absolute Gasteiger partial charge is 0.214 e. The Bertz CT molecular complexity index is 359. The van der Waals surface area contributed by atoms with Gasteiger partial charge in [-0.25, -0.2) is 0 Å². The fourth-order valence-corrected chi connectivity index (χ4v) is 1.35. The van der Waals surface area contributed by atoms with E-state index >= 15 is 0 Å². The maximum atomic E-state index is 6.48. The summed E-state index contributed by atoms with van der Waals surface area (Å²) in [5, 5.41) is 3.57. The van der Waals surface area contributed by atoms with Gasteiger partial charge in [0.2, 0.25) is 4.91 Å². The third-order valence-corrected chi connectivity index (χ3v) is 2.30. The van der Waals surface area contributed by atoms with Gasteiger partial charge in [0.1, 0.15) is 22.9 Å². The van der Waals surface area contributed by atoms with Gasteiger partial charge in [-0.1, -0.05) is 12.1 Å². The molecule has 0 aliphatic rings. The second-order valence-corrected chi connectivity index (χ2v) is 3.57. The van der Waals surface area contributed by atoms with E-state index in [4.69, 9.17) is 15.0 Å². The molecule has 0 spiro atoms. The normalized spacial score (nSPS) is 9.71. The van der Waals surface area contributed by atoms with Crippen molar-refractivity contribution in [1.82, 2.24) is 4.91 Å². The quantitative estimate of drug-likeness (QED) is 0.428. The van der Waals surface area contributed by atoms with E-state index in [0.717, 1.165) is 24.2 Å². The van der Waals surface area contributed by atoms with E-state index in [1.165, 1.54) is 0 Å². The summed E-state index contributed by atoms with van der Waals surface area (Å²) in [6.45, 7) is 1.93. The average Bonchev–Trinajstić information content (AvgIpc) is 2.38. The zero-order valence-electron chi connectivity index (χ0n) is 10.1. The van der Waals surface area contributed by atoms with Crippen LogP contribution in [0.2, 0.25) is 0 Å². The van der Waals surface area contributed by atoms with E-state index in [9.17, 15) is 0 Å². The summed E-state index contributed by atoms with van der Waals surface area (Å²) in [5.74, 6) is 0.856. The van der Waals surface area contributed by atoms with E-state index in [2.05, 4.69) is 10.0 Å². The SMILES string of the molecule is COc1ccc(COCCCCN=[N+]=N)cc1. The van der Waals surface area contributed by atoms with E-state index in [1.54, 1.807) is 7.11 Å². The van der Waals surface area contributed by atoms with Crippen LogP contribution < -0.4 is 9.65 Å². The Kier molecular flexibility index (Phi) is 6.63. The largest absolute Gasteiger partial charge is 0.497 e. The van der Waals surface area contributed by atoms with Gasteiger partial charge in [-0.15, -0.1) is 0 Å². The molecular weight excluding hydrogens is 218 g/mol. The van der Waals surface area contributed by atoms with Gasteiger partial charge in [0.05, 0.1) is 13.7 Å². The van der Waals surface area contributed by atoms with Gasteiger partial charge < -0.3 is 9.47 Å². The van der Waals surface area contributed by atoms with Crippen LogP contribution in [0.5, 0.6) is 5.75 Å². The fraction of sp³-hybridized carbons (Fsp3) is 0.500. The molecule has 0 aliphatic carbocycles. The van der Waals surface area contributed by atoms with Crippen LogP contribution in [0.15, 0.2) is 29.4 Å². The number of ether oxygens (including phenoxy) is 2. The van der Waals surface area contributed by atoms with Crippen molar-refractivity contribution >= 4 is 0 Å². The molecule has 0 aromatic heterocycles. The Hall–Kier alpha value is -1.71. The molecule has 17 heavy (non-hydrogen) atoms. The van der Waals surface area contributed by atoms with Crippen LogP contribution in [0.4, 0.5) is 0 Å². The molecule has 1 rings (SSSR count). The van der Waals surface area contributed by atoms with Crippen molar-refractivity contribution < 1.29 is 9.47 Å². The molecule has 1 aromatic rings. The molecule has 0 atom stereocenters. The summed E-state index contributed by atoms with van der Waals surface area (Å²) in [5.41, 5.74) is 7.62. The van der Waals surface area contributed by atoms with E-state index in [1.807, 2.05) is 24.3 Å². The molecule has 0 bridgehead atoms. The number of nitrogens with zero attached hydrogens (tertiary/aromatic N) is 2. The molecule has 0 amide bonds. The van der Waals surface area contributed by atoms with Crippen molar-refractivity contribution in [3.05, 3.63) is 29.8 Å². The van der Waals surface area contributed by atoms with Gasteiger partial charge in [-0.2, -0.15) is 0 Å². The van der Waals surface area contributed by atoms with Crippen LogP contribution in [-0.2, 0) is 11.3 Å². The molecule has 0 aliphatic heterocycles. The molecule has 0 radical (unpaired) electrons. The summed E-state index contributed by atoms with van der Waals surface area (Å²) >= 11 is 0. The second-order valence-electron chi connectivity index (χ2n) is 3.57. The summed E-state index contributed by atoms with van der Waals surface area (Å²) in [6, 6.07) is 7.83. The molecule has 0 heterocycles. The van der Waals surface area contributed by atoms with Crippen molar-refractivity contribution in [2.45, 2.75) is 19.4 Å².